The molecule has 1 aliphatic heterocycles. The number of carbonyl (C=O) groups is 2. The Bertz CT molecular complexity index is 539. The lowest BCUT2D eigenvalue weighted by molar-refractivity contribution is -0.142. The Kier molecular flexibility index (Phi) is 4.14. The Labute approximate surface area is 113 Å². The number of nitrogens with one attached hydrogen (secondary N) is 3. The van der Waals surface area contributed by atoms with Gasteiger partial charge in [-0.1, -0.05) is 0 Å². The van der Waals surface area contributed by atoms with Gasteiger partial charge in [-0.15, -0.1) is 0 Å². The summed E-state index contributed by atoms with van der Waals surface area (Å²) in [6.45, 7) is 0.306. The number of aliphatic hydroxyl groups excluding tert-OH is 1. The summed E-state index contributed by atoms with van der Waals surface area (Å²) < 4.78 is 25.7. The van der Waals surface area contributed by atoms with E-state index in [1.807, 2.05) is 0 Å². The third-order valence-corrected chi connectivity index (χ3v) is 2.94. The molecule has 2 rings (SSSR count). The molecule has 1 saturated heterocycles. The summed E-state index contributed by atoms with van der Waals surface area (Å²) >= 11 is 0. The van der Waals surface area contributed by atoms with Crippen molar-refractivity contribution in [1.82, 2.24) is 10.7 Å². The molecule has 0 saturated carbocycles. The summed E-state index contributed by atoms with van der Waals surface area (Å²) in [4.78, 5) is 23.3. The number of amides is 2. The van der Waals surface area contributed by atoms with E-state index in [-0.39, 0.29) is 12.1 Å². The lowest BCUT2D eigenvalue weighted by atomic mass is 9.95. The molecule has 1 aliphatic rings. The molecule has 0 aromatic heterocycles. The second-order valence-corrected chi connectivity index (χ2v) is 4.37. The van der Waals surface area contributed by atoms with Crippen molar-refractivity contribution in [2.45, 2.75) is 12.5 Å². The summed E-state index contributed by atoms with van der Waals surface area (Å²) in [5, 5.41) is 12.1. The Balaban J connectivity index is 1.97. The number of anilines is 1. The largest absolute Gasteiger partial charge is 0.392 e. The molecule has 0 spiro atoms. The van der Waals surface area contributed by atoms with E-state index in [9.17, 15) is 23.5 Å². The number of carbonyl (C=O) groups excluding carboxylic acids is 2. The third kappa shape index (κ3) is 3.02. The van der Waals surface area contributed by atoms with Gasteiger partial charge in [-0.25, -0.2) is 8.78 Å². The van der Waals surface area contributed by atoms with Crippen LogP contribution in [0.2, 0.25) is 0 Å². The highest BCUT2D eigenvalue weighted by molar-refractivity contribution is 6.01. The molecule has 0 aliphatic carbocycles. The standard InChI is InChI=1S/C12H13F2N3O3/c13-7-2-1-6(5-8(7)14)16-17-12(20)10-9(18)3-4-15-11(10)19/h1-2,5,9-10,16,18H,3-4H2,(H,15,19)(H,17,20). The average Bonchev–Trinajstić information content (AvgIpc) is 2.40. The van der Waals surface area contributed by atoms with Crippen LogP contribution in [0, 0.1) is 17.6 Å². The fraction of sp³-hybridized carbons (Fsp3) is 0.333. The van der Waals surface area contributed by atoms with Crippen LogP contribution < -0.4 is 16.2 Å². The summed E-state index contributed by atoms with van der Waals surface area (Å²) in [6.07, 6.45) is -0.801. The van der Waals surface area contributed by atoms with Crippen molar-refractivity contribution in [3.05, 3.63) is 29.8 Å². The highest BCUT2D eigenvalue weighted by atomic mass is 19.2. The number of aliphatic hydroxyl groups is 1. The molecule has 20 heavy (non-hydrogen) atoms. The van der Waals surface area contributed by atoms with Crippen LogP contribution in [-0.4, -0.2) is 29.6 Å². The first kappa shape index (κ1) is 14.2. The van der Waals surface area contributed by atoms with Crippen molar-refractivity contribution < 1.29 is 23.5 Å². The average molecular weight is 285 g/mol. The summed E-state index contributed by atoms with van der Waals surface area (Å²) in [5.41, 5.74) is 4.64. The highest BCUT2D eigenvalue weighted by Crippen LogP contribution is 2.14. The highest BCUT2D eigenvalue weighted by Gasteiger charge is 2.36. The molecule has 0 radical (unpaired) electrons. The molecule has 1 heterocycles. The van der Waals surface area contributed by atoms with Crippen LogP contribution in [0.25, 0.3) is 0 Å². The molecule has 4 N–H and O–H groups in total. The molecular formula is C12H13F2N3O3. The monoisotopic (exact) mass is 285 g/mol. The number of hydrogen-bond acceptors (Lipinski definition) is 4. The number of piperidine rings is 1. The van der Waals surface area contributed by atoms with Gasteiger partial charge in [0, 0.05) is 12.6 Å². The van der Waals surface area contributed by atoms with Crippen LogP contribution >= 0.6 is 0 Å². The summed E-state index contributed by atoms with van der Waals surface area (Å²) in [7, 11) is 0. The Morgan fingerprint density at radius 2 is 2.10 bits per heavy atom. The Morgan fingerprint density at radius 3 is 2.75 bits per heavy atom. The molecule has 1 aromatic rings. The van der Waals surface area contributed by atoms with Gasteiger partial charge in [0.2, 0.25) is 5.91 Å². The zero-order valence-electron chi connectivity index (χ0n) is 10.3. The number of hydrazine groups is 1. The van der Waals surface area contributed by atoms with Gasteiger partial charge < -0.3 is 10.4 Å². The van der Waals surface area contributed by atoms with Gasteiger partial charge in [0.15, 0.2) is 11.6 Å². The van der Waals surface area contributed by atoms with Gasteiger partial charge >= 0.3 is 0 Å². The van der Waals surface area contributed by atoms with E-state index in [2.05, 4.69) is 16.2 Å². The summed E-state index contributed by atoms with van der Waals surface area (Å²) in [6, 6.07) is 2.97. The first-order valence-electron chi connectivity index (χ1n) is 5.95. The van der Waals surface area contributed by atoms with E-state index in [4.69, 9.17) is 0 Å². The molecule has 6 nitrogen and oxygen atoms in total. The zero-order chi connectivity index (χ0) is 14.7. The molecule has 1 aromatic carbocycles. The first-order chi connectivity index (χ1) is 9.49. The predicted molar refractivity (Wildman–Crippen MR) is 65.2 cm³/mol. The van der Waals surface area contributed by atoms with Gasteiger partial charge in [-0.3, -0.25) is 20.4 Å². The fourth-order valence-electron chi connectivity index (χ4n) is 1.87. The van der Waals surface area contributed by atoms with Crippen molar-refractivity contribution >= 4 is 17.5 Å². The first-order valence-corrected chi connectivity index (χ1v) is 5.95. The minimum absolute atomic E-state index is 0.114. The minimum Gasteiger partial charge on any atom is -0.392 e. The summed E-state index contributed by atoms with van der Waals surface area (Å²) in [5.74, 6) is -4.64. The third-order valence-electron chi connectivity index (χ3n) is 2.94. The minimum atomic E-state index is -1.23. The molecule has 8 heteroatoms. The molecule has 108 valence electrons. The normalized spacial score (nSPS) is 22.1. The maximum Gasteiger partial charge on any atom is 0.253 e. The van der Waals surface area contributed by atoms with Crippen LogP contribution in [0.1, 0.15) is 6.42 Å². The van der Waals surface area contributed by atoms with Gasteiger partial charge in [-0.05, 0) is 18.6 Å². The lowest BCUT2D eigenvalue weighted by Crippen LogP contribution is -2.52. The molecule has 2 amide bonds. The van der Waals surface area contributed by atoms with Gasteiger partial charge in [-0.2, -0.15) is 0 Å². The van der Waals surface area contributed by atoms with E-state index in [0.717, 1.165) is 12.1 Å². The van der Waals surface area contributed by atoms with Crippen molar-refractivity contribution in [3.8, 4) is 0 Å². The topological polar surface area (TPSA) is 90.5 Å². The van der Waals surface area contributed by atoms with E-state index < -0.39 is 35.5 Å². The van der Waals surface area contributed by atoms with Crippen LogP contribution in [0.5, 0.6) is 0 Å². The smallest absolute Gasteiger partial charge is 0.253 e. The molecule has 1 fully saturated rings. The lowest BCUT2D eigenvalue weighted by Gasteiger charge is -2.26. The number of hydrogen-bond donors (Lipinski definition) is 4. The van der Waals surface area contributed by atoms with E-state index >= 15 is 0 Å². The van der Waals surface area contributed by atoms with Gasteiger partial charge in [0.1, 0.15) is 5.92 Å². The van der Waals surface area contributed by atoms with Crippen LogP contribution in [0.4, 0.5) is 14.5 Å². The van der Waals surface area contributed by atoms with E-state index in [0.29, 0.717) is 6.54 Å². The molecule has 2 atom stereocenters. The molecule has 0 bridgehead atoms. The van der Waals surface area contributed by atoms with E-state index in [1.54, 1.807) is 0 Å². The van der Waals surface area contributed by atoms with E-state index in [1.165, 1.54) is 6.07 Å². The van der Waals surface area contributed by atoms with Crippen molar-refractivity contribution in [3.63, 3.8) is 0 Å². The zero-order valence-corrected chi connectivity index (χ0v) is 10.3. The molecular weight excluding hydrogens is 272 g/mol. The van der Waals surface area contributed by atoms with Crippen LogP contribution in [-0.2, 0) is 9.59 Å². The van der Waals surface area contributed by atoms with Crippen molar-refractivity contribution in [1.29, 1.82) is 0 Å². The second-order valence-electron chi connectivity index (χ2n) is 4.37. The SMILES string of the molecule is O=C1NCCC(O)C1C(=O)NNc1ccc(F)c(F)c1. The predicted octanol–water partition coefficient (Wildman–Crippen LogP) is -0.0951. The van der Waals surface area contributed by atoms with Crippen molar-refractivity contribution in [2.24, 2.45) is 5.92 Å². The Hall–Kier alpha value is -2.22. The fourth-order valence-corrected chi connectivity index (χ4v) is 1.87. The van der Waals surface area contributed by atoms with Crippen LogP contribution in [0.3, 0.4) is 0 Å². The number of halogens is 2. The second kappa shape index (κ2) is 5.83. The number of benzene rings is 1. The number of rotatable bonds is 3. The van der Waals surface area contributed by atoms with Gasteiger partial charge in [0.05, 0.1) is 11.8 Å². The van der Waals surface area contributed by atoms with Crippen LogP contribution in [0.15, 0.2) is 18.2 Å². The maximum atomic E-state index is 13.0. The quantitative estimate of drug-likeness (QED) is 0.461. The van der Waals surface area contributed by atoms with Gasteiger partial charge in [0.25, 0.3) is 5.91 Å². The maximum absolute atomic E-state index is 13.0. The Morgan fingerprint density at radius 1 is 1.35 bits per heavy atom. The van der Waals surface area contributed by atoms with Crippen molar-refractivity contribution in [2.75, 3.05) is 12.0 Å². The molecule has 2 unspecified atom stereocenters.